The molecule has 1 aliphatic carbocycles. The fraction of sp³-hybridized carbons (Fsp3) is 0.636. The van der Waals surface area contributed by atoms with Crippen molar-refractivity contribution >= 4 is 11.8 Å². The van der Waals surface area contributed by atoms with Crippen LogP contribution in [0, 0.1) is 11.8 Å². The Balaban J connectivity index is 1.47. The molecule has 1 N–H and O–H groups in total. The van der Waals surface area contributed by atoms with Crippen molar-refractivity contribution < 1.29 is 14.3 Å². The molecule has 0 bridgehead atoms. The number of rotatable bonds is 6. The van der Waals surface area contributed by atoms with E-state index in [9.17, 15) is 9.59 Å². The van der Waals surface area contributed by atoms with Gasteiger partial charge in [-0.3, -0.25) is 9.59 Å². The maximum atomic E-state index is 12.6. The first kappa shape index (κ1) is 19.7. The monoisotopic (exact) mass is 372 g/mol. The zero-order valence-corrected chi connectivity index (χ0v) is 16.6. The van der Waals surface area contributed by atoms with Crippen LogP contribution in [0.25, 0.3) is 0 Å². The molecule has 1 saturated carbocycles. The maximum absolute atomic E-state index is 12.6. The lowest BCUT2D eigenvalue weighted by Gasteiger charge is -2.34. The first-order chi connectivity index (χ1) is 13.0. The minimum absolute atomic E-state index is 0.0649. The molecule has 5 heteroatoms. The maximum Gasteiger partial charge on any atom is 0.251 e. The molecular formula is C22H32N2O3. The molecule has 1 heterocycles. The van der Waals surface area contributed by atoms with E-state index in [2.05, 4.69) is 10.2 Å². The van der Waals surface area contributed by atoms with Crippen molar-refractivity contribution in [1.29, 1.82) is 0 Å². The predicted molar refractivity (Wildman–Crippen MR) is 106 cm³/mol. The van der Waals surface area contributed by atoms with Crippen molar-refractivity contribution in [3.05, 3.63) is 29.8 Å². The second-order valence-corrected chi connectivity index (χ2v) is 8.24. The molecule has 1 saturated heterocycles. The third-order valence-electron chi connectivity index (χ3n) is 5.56. The van der Waals surface area contributed by atoms with Crippen molar-refractivity contribution in [2.75, 3.05) is 19.7 Å². The van der Waals surface area contributed by atoms with E-state index < -0.39 is 0 Å². The van der Waals surface area contributed by atoms with Crippen molar-refractivity contribution in [2.24, 2.45) is 11.8 Å². The van der Waals surface area contributed by atoms with E-state index in [0.717, 1.165) is 44.5 Å². The Labute approximate surface area is 162 Å². The molecule has 1 unspecified atom stereocenters. The quantitative estimate of drug-likeness (QED) is 0.829. The summed E-state index contributed by atoms with van der Waals surface area (Å²) in [5, 5.41) is 2.88. The lowest BCUT2D eigenvalue weighted by Crippen LogP contribution is -2.43. The third-order valence-corrected chi connectivity index (χ3v) is 5.56. The number of benzene rings is 1. The highest BCUT2D eigenvalue weighted by molar-refractivity contribution is 5.94. The summed E-state index contributed by atoms with van der Waals surface area (Å²) >= 11 is 0. The lowest BCUT2D eigenvalue weighted by molar-refractivity contribution is -0.137. The Hall–Kier alpha value is -2.04. The Morgan fingerprint density at radius 1 is 1.11 bits per heavy atom. The molecule has 0 radical (unpaired) electrons. The van der Waals surface area contributed by atoms with Gasteiger partial charge in [0.25, 0.3) is 5.91 Å². The number of ether oxygens (including phenoxy) is 1. The molecule has 148 valence electrons. The summed E-state index contributed by atoms with van der Waals surface area (Å²) in [5.41, 5.74) is 0.641. The van der Waals surface area contributed by atoms with Gasteiger partial charge in [-0.25, -0.2) is 0 Å². The number of likely N-dealkylation sites (tertiary alicyclic amines) is 1. The number of carbonyl (C=O) groups excluding carboxylic acids is 2. The highest BCUT2D eigenvalue weighted by Gasteiger charge is 2.30. The Morgan fingerprint density at radius 3 is 2.48 bits per heavy atom. The van der Waals surface area contributed by atoms with Gasteiger partial charge in [0.1, 0.15) is 5.75 Å². The van der Waals surface area contributed by atoms with Crippen LogP contribution in [0.5, 0.6) is 5.75 Å². The van der Waals surface area contributed by atoms with Crippen LogP contribution in [-0.2, 0) is 4.79 Å². The summed E-state index contributed by atoms with van der Waals surface area (Å²) in [6.45, 7) is 6.21. The average molecular weight is 373 g/mol. The molecule has 1 aromatic carbocycles. The minimum atomic E-state index is -0.0649. The topological polar surface area (TPSA) is 58.6 Å². The van der Waals surface area contributed by atoms with Gasteiger partial charge in [0.2, 0.25) is 5.91 Å². The van der Waals surface area contributed by atoms with Gasteiger partial charge in [-0.2, -0.15) is 0 Å². The molecule has 27 heavy (non-hydrogen) atoms. The lowest BCUT2D eigenvalue weighted by atomic mass is 9.96. The van der Waals surface area contributed by atoms with Crippen LogP contribution in [0.1, 0.15) is 62.7 Å². The highest BCUT2D eigenvalue weighted by atomic mass is 16.5. The number of nitrogens with zero attached hydrogens (tertiary/aromatic N) is 1. The number of carbonyl (C=O) groups is 2. The van der Waals surface area contributed by atoms with E-state index in [1.807, 2.05) is 26.0 Å². The van der Waals surface area contributed by atoms with Crippen LogP contribution in [0.4, 0.5) is 0 Å². The predicted octanol–water partition coefficient (Wildman–Crippen LogP) is 3.63. The van der Waals surface area contributed by atoms with Gasteiger partial charge in [-0.1, -0.05) is 12.8 Å². The number of piperidine rings is 1. The fourth-order valence-electron chi connectivity index (χ4n) is 4.09. The van der Waals surface area contributed by atoms with Crippen molar-refractivity contribution in [2.45, 2.75) is 58.4 Å². The summed E-state index contributed by atoms with van der Waals surface area (Å²) in [6, 6.07) is 7.40. The van der Waals surface area contributed by atoms with E-state index in [1.54, 1.807) is 12.1 Å². The third kappa shape index (κ3) is 5.47. The van der Waals surface area contributed by atoms with Crippen molar-refractivity contribution in [3.63, 3.8) is 0 Å². The Bertz CT molecular complexity index is 635. The molecule has 0 aromatic heterocycles. The molecule has 1 aromatic rings. The van der Waals surface area contributed by atoms with Crippen LogP contribution < -0.4 is 10.1 Å². The van der Waals surface area contributed by atoms with E-state index in [1.165, 1.54) is 12.8 Å². The van der Waals surface area contributed by atoms with E-state index in [0.29, 0.717) is 24.0 Å². The molecule has 5 nitrogen and oxygen atoms in total. The molecule has 3 rings (SSSR count). The fourth-order valence-corrected chi connectivity index (χ4v) is 4.09. The van der Waals surface area contributed by atoms with E-state index in [4.69, 9.17) is 4.74 Å². The smallest absolute Gasteiger partial charge is 0.251 e. The van der Waals surface area contributed by atoms with E-state index in [-0.39, 0.29) is 17.9 Å². The number of hydrogen-bond acceptors (Lipinski definition) is 3. The average Bonchev–Trinajstić information content (AvgIpc) is 3.20. The molecule has 0 spiro atoms. The van der Waals surface area contributed by atoms with Gasteiger partial charge >= 0.3 is 0 Å². The van der Waals surface area contributed by atoms with Gasteiger partial charge in [0, 0.05) is 36.5 Å². The van der Waals surface area contributed by atoms with Crippen LogP contribution in [0.15, 0.2) is 24.3 Å². The summed E-state index contributed by atoms with van der Waals surface area (Å²) in [7, 11) is 0. The normalized spacial score (nSPS) is 20.7. The van der Waals surface area contributed by atoms with Crippen LogP contribution in [-0.4, -0.2) is 42.5 Å². The molecule has 1 atom stereocenters. The summed E-state index contributed by atoms with van der Waals surface area (Å²) < 4.78 is 5.95. The van der Waals surface area contributed by atoms with Gasteiger partial charge in [0.15, 0.2) is 0 Å². The second kappa shape index (κ2) is 9.25. The van der Waals surface area contributed by atoms with Crippen molar-refractivity contribution in [1.82, 2.24) is 10.2 Å². The van der Waals surface area contributed by atoms with Crippen LogP contribution in [0.2, 0.25) is 0 Å². The first-order valence-electron chi connectivity index (χ1n) is 10.4. The van der Waals surface area contributed by atoms with Crippen molar-refractivity contribution in [3.8, 4) is 5.75 Å². The summed E-state index contributed by atoms with van der Waals surface area (Å²) in [4.78, 5) is 26.7. The molecule has 2 amide bonds. The molecule has 2 fully saturated rings. The Morgan fingerprint density at radius 2 is 1.81 bits per heavy atom. The van der Waals surface area contributed by atoms with Gasteiger partial charge < -0.3 is 15.0 Å². The zero-order chi connectivity index (χ0) is 19.2. The number of nitrogens with one attached hydrogen (secondary N) is 1. The number of hydrogen-bond donors (Lipinski definition) is 1. The van der Waals surface area contributed by atoms with Gasteiger partial charge in [-0.15, -0.1) is 0 Å². The van der Waals surface area contributed by atoms with Crippen LogP contribution >= 0.6 is 0 Å². The van der Waals surface area contributed by atoms with Gasteiger partial charge in [0.05, 0.1) is 6.61 Å². The first-order valence-corrected chi connectivity index (χ1v) is 10.4. The minimum Gasteiger partial charge on any atom is -0.493 e. The summed E-state index contributed by atoms with van der Waals surface area (Å²) in [5.74, 6) is 1.71. The van der Waals surface area contributed by atoms with Crippen LogP contribution in [0.3, 0.4) is 0 Å². The zero-order valence-electron chi connectivity index (χ0n) is 16.6. The number of amides is 2. The molecular weight excluding hydrogens is 340 g/mol. The SMILES string of the molecule is CC(C)NC(=O)c1ccc(OCC2CCCN(C(=O)C3CCCC3)C2)cc1. The Kier molecular flexibility index (Phi) is 6.75. The molecule has 1 aliphatic heterocycles. The largest absolute Gasteiger partial charge is 0.493 e. The standard InChI is InChI=1S/C22H32N2O3/c1-16(2)23-21(25)18-9-11-20(12-10-18)27-15-17-6-5-13-24(14-17)22(26)19-7-3-4-8-19/h9-12,16-17,19H,3-8,13-15H2,1-2H3,(H,23,25). The second-order valence-electron chi connectivity index (χ2n) is 8.24. The summed E-state index contributed by atoms with van der Waals surface area (Å²) in [6.07, 6.45) is 6.68. The van der Waals surface area contributed by atoms with Gasteiger partial charge in [-0.05, 0) is 63.8 Å². The van der Waals surface area contributed by atoms with E-state index >= 15 is 0 Å². The molecule has 2 aliphatic rings. The highest BCUT2D eigenvalue weighted by Crippen LogP contribution is 2.28.